The molecule has 1 atom stereocenters. The van der Waals surface area contributed by atoms with Crippen LogP contribution in [0.1, 0.15) is 6.42 Å². The maximum atomic E-state index is 11.7. The molecular weight excluding hydrogens is 280 g/mol. The molecule has 1 fully saturated rings. The molecule has 22 heavy (non-hydrogen) atoms. The molecule has 0 aromatic heterocycles. The van der Waals surface area contributed by atoms with Crippen molar-refractivity contribution in [3.63, 3.8) is 0 Å². The molecule has 2 rings (SSSR count). The van der Waals surface area contributed by atoms with Gasteiger partial charge in [-0.2, -0.15) is 0 Å². The molecule has 1 heterocycles. The lowest BCUT2D eigenvalue weighted by atomic mass is 10.00. The molecule has 6 nitrogen and oxygen atoms in total. The minimum atomic E-state index is -0.254. The largest absolute Gasteiger partial charge is 0.495 e. The van der Waals surface area contributed by atoms with E-state index in [1.807, 2.05) is 6.07 Å². The van der Waals surface area contributed by atoms with Gasteiger partial charge in [-0.05, 0) is 32.7 Å². The van der Waals surface area contributed by atoms with Gasteiger partial charge in [0.05, 0.1) is 24.2 Å². The Hall–Kier alpha value is -2.21. The second-order valence-electron chi connectivity index (χ2n) is 5.70. The Morgan fingerprint density at radius 2 is 2.32 bits per heavy atom. The number of nitrogens with one attached hydrogen (secondary N) is 1. The number of likely N-dealkylation sites (N-methyl/N-ethyl adjacent to an activating group) is 1. The average Bonchev–Trinajstić information content (AvgIpc) is 2.45. The Kier molecular flexibility index (Phi) is 4.92. The van der Waals surface area contributed by atoms with Gasteiger partial charge >= 0.3 is 0 Å². The third kappa shape index (κ3) is 3.33. The van der Waals surface area contributed by atoms with Gasteiger partial charge in [-0.3, -0.25) is 4.79 Å². The molecule has 0 spiro atoms. The Balaban J connectivity index is 2.34. The molecule has 0 bridgehead atoms. The van der Waals surface area contributed by atoms with E-state index >= 15 is 0 Å². The monoisotopic (exact) mass is 304 g/mol. The molecule has 0 radical (unpaired) electrons. The number of nitrogen functional groups attached to an aromatic ring is 1. The summed E-state index contributed by atoms with van der Waals surface area (Å²) in [5, 5.41) is 2.83. The third-order valence-corrected chi connectivity index (χ3v) is 3.82. The van der Waals surface area contributed by atoms with E-state index in [1.54, 1.807) is 13.2 Å². The van der Waals surface area contributed by atoms with Gasteiger partial charge in [0.15, 0.2) is 0 Å². The summed E-state index contributed by atoms with van der Waals surface area (Å²) in [5.41, 5.74) is 8.08. The van der Waals surface area contributed by atoms with Gasteiger partial charge < -0.3 is 25.6 Å². The highest BCUT2D eigenvalue weighted by Gasteiger charge is 2.31. The number of carbonyl (C=O) groups is 1. The van der Waals surface area contributed by atoms with Crippen LogP contribution in [0.4, 0.5) is 17.1 Å². The molecular formula is C16H24N4O2. The number of anilines is 3. The van der Waals surface area contributed by atoms with E-state index in [1.165, 1.54) is 6.08 Å². The van der Waals surface area contributed by atoms with E-state index in [0.29, 0.717) is 23.2 Å². The summed E-state index contributed by atoms with van der Waals surface area (Å²) in [5.74, 6) is 0.359. The van der Waals surface area contributed by atoms with E-state index in [2.05, 4.69) is 35.8 Å². The summed E-state index contributed by atoms with van der Waals surface area (Å²) in [6.07, 6.45) is 2.37. The summed E-state index contributed by atoms with van der Waals surface area (Å²) in [7, 11) is 5.70. The first-order valence-electron chi connectivity index (χ1n) is 7.28. The maximum absolute atomic E-state index is 11.7. The van der Waals surface area contributed by atoms with Crippen LogP contribution in [0.5, 0.6) is 5.75 Å². The highest BCUT2D eigenvalue weighted by atomic mass is 16.5. The molecule has 0 saturated carbocycles. The number of amides is 1. The van der Waals surface area contributed by atoms with Crippen molar-refractivity contribution >= 4 is 23.0 Å². The molecule has 1 aliphatic heterocycles. The van der Waals surface area contributed by atoms with Crippen molar-refractivity contribution in [3.05, 3.63) is 24.8 Å². The number of hydrogen-bond donors (Lipinski definition) is 2. The minimum absolute atomic E-state index is 0.254. The molecule has 1 aromatic rings. The van der Waals surface area contributed by atoms with Crippen molar-refractivity contribution in [2.24, 2.45) is 0 Å². The van der Waals surface area contributed by atoms with Gasteiger partial charge in [0, 0.05) is 25.2 Å². The van der Waals surface area contributed by atoms with Crippen molar-refractivity contribution < 1.29 is 9.53 Å². The molecule has 0 aliphatic carbocycles. The fourth-order valence-electron chi connectivity index (χ4n) is 2.65. The maximum Gasteiger partial charge on any atom is 0.247 e. The molecule has 3 N–H and O–H groups in total. The van der Waals surface area contributed by atoms with Crippen LogP contribution in [0, 0.1) is 0 Å². The molecule has 120 valence electrons. The van der Waals surface area contributed by atoms with Crippen LogP contribution in [0.15, 0.2) is 24.8 Å². The van der Waals surface area contributed by atoms with Crippen LogP contribution in [0.25, 0.3) is 0 Å². The summed E-state index contributed by atoms with van der Waals surface area (Å²) < 4.78 is 5.31. The standard InChI is InChI=1S/C16H24N4O2/c1-5-16(21)18-13-8-12(17)15(22-4)9-14(13)20-7-6-11(20)10-19(2)3/h5,8-9,11H,1,6-7,10,17H2,2-4H3,(H,18,21). The first-order chi connectivity index (χ1) is 10.5. The smallest absolute Gasteiger partial charge is 0.247 e. The van der Waals surface area contributed by atoms with E-state index < -0.39 is 0 Å². The first-order valence-corrected chi connectivity index (χ1v) is 7.28. The highest BCUT2D eigenvalue weighted by Crippen LogP contribution is 2.39. The van der Waals surface area contributed by atoms with Crippen LogP contribution in [0.3, 0.4) is 0 Å². The number of nitrogens with zero attached hydrogens (tertiary/aromatic N) is 2. The van der Waals surface area contributed by atoms with Crippen molar-refractivity contribution in [2.45, 2.75) is 12.5 Å². The first kappa shape index (κ1) is 16.2. The number of methoxy groups -OCH3 is 1. The van der Waals surface area contributed by atoms with Gasteiger partial charge in [0.2, 0.25) is 5.91 Å². The fraction of sp³-hybridized carbons (Fsp3) is 0.438. The summed E-state index contributed by atoms with van der Waals surface area (Å²) in [6, 6.07) is 4.04. The number of ether oxygens (including phenoxy) is 1. The second-order valence-corrected chi connectivity index (χ2v) is 5.70. The molecule has 1 amide bonds. The molecule has 6 heteroatoms. The summed E-state index contributed by atoms with van der Waals surface area (Å²) >= 11 is 0. The van der Waals surface area contributed by atoms with E-state index in [9.17, 15) is 4.79 Å². The zero-order chi connectivity index (χ0) is 16.3. The van der Waals surface area contributed by atoms with E-state index in [4.69, 9.17) is 10.5 Å². The lowest BCUT2D eigenvalue weighted by molar-refractivity contribution is -0.111. The predicted octanol–water partition coefficient (Wildman–Crippen LogP) is 1.54. The van der Waals surface area contributed by atoms with Crippen molar-refractivity contribution in [3.8, 4) is 5.75 Å². The van der Waals surface area contributed by atoms with Crippen LogP contribution in [-0.4, -0.2) is 51.1 Å². The summed E-state index contributed by atoms with van der Waals surface area (Å²) in [6.45, 7) is 5.39. The SMILES string of the molecule is C=CC(=O)Nc1cc(N)c(OC)cc1N1CCC1CN(C)C. The van der Waals surface area contributed by atoms with Crippen molar-refractivity contribution in [1.29, 1.82) is 0 Å². The number of carbonyl (C=O) groups excluding carboxylic acids is 1. The van der Waals surface area contributed by atoms with Crippen LogP contribution in [-0.2, 0) is 4.79 Å². The normalized spacial score (nSPS) is 17.1. The number of benzene rings is 1. The van der Waals surface area contributed by atoms with Crippen molar-refractivity contribution in [2.75, 3.05) is 50.2 Å². The van der Waals surface area contributed by atoms with Gasteiger partial charge in [-0.1, -0.05) is 6.58 Å². The van der Waals surface area contributed by atoms with E-state index in [-0.39, 0.29) is 5.91 Å². The molecule has 1 aliphatic rings. The second kappa shape index (κ2) is 6.70. The van der Waals surface area contributed by atoms with E-state index in [0.717, 1.165) is 25.2 Å². The topological polar surface area (TPSA) is 70.8 Å². The number of rotatable bonds is 6. The molecule has 1 aromatic carbocycles. The summed E-state index contributed by atoms with van der Waals surface area (Å²) in [4.78, 5) is 16.1. The van der Waals surface area contributed by atoms with Gasteiger partial charge in [0.25, 0.3) is 0 Å². The van der Waals surface area contributed by atoms with Crippen LogP contribution >= 0.6 is 0 Å². The Bertz CT molecular complexity index is 572. The quantitative estimate of drug-likeness (QED) is 0.616. The van der Waals surface area contributed by atoms with Gasteiger partial charge in [-0.15, -0.1) is 0 Å². The average molecular weight is 304 g/mol. The third-order valence-electron chi connectivity index (χ3n) is 3.82. The number of nitrogens with two attached hydrogens (primary N) is 1. The lowest BCUT2D eigenvalue weighted by Crippen LogP contribution is -2.53. The Morgan fingerprint density at radius 1 is 1.59 bits per heavy atom. The van der Waals surface area contributed by atoms with Crippen LogP contribution < -0.4 is 20.7 Å². The lowest BCUT2D eigenvalue weighted by Gasteiger charge is -2.45. The minimum Gasteiger partial charge on any atom is -0.495 e. The number of hydrogen-bond acceptors (Lipinski definition) is 5. The predicted molar refractivity (Wildman–Crippen MR) is 90.5 cm³/mol. The van der Waals surface area contributed by atoms with Gasteiger partial charge in [-0.25, -0.2) is 0 Å². The zero-order valence-electron chi connectivity index (χ0n) is 13.4. The Labute approximate surface area is 131 Å². The zero-order valence-corrected chi connectivity index (χ0v) is 13.4. The van der Waals surface area contributed by atoms with Crippen molar-refractivity contribution in [1.82, 2.24) is 4.90 Å². The van der Waals surface area contributed by atoms with Gasteiger partial charge in [0.1, 0.15) is 5.75 Å². The molecule has 1 unspecified atom stereocenters. The fourth-order valence-corrected chi connectivity index (χ4v) is 2.65. The highest BCUT2D eigenvalue weighted by molar-refractivity contribution is 6.02. The van der Waals surface area contributed by atoms with Crippen LogP contribution in [0.2, 0.25) is 0 Å². The Morgan fingerprint density at radius 3 is 2.82 bits per heavy atom. The molecule has 1 saturated heterocycles.